The smallest absolute Gasteiger partial charge is 0.163 e. The van der Waals surface area contributed by atoms with E-state index in [9.17, 15) is 8.78 Å². The number of rotatable bonds is 7. The highest BCUT2D eigenvalue weighted by atomic mass is 35.5. The van der Waals surface area contributed by atoms with E-state index in [1.165, 1.54) is 6.07 Å². The van der Waals surface area contributed by atoms with E-state index >= 15 is 0 Å². The Hall–Kier alpha value is -0.670. The van der Waals surface area contributed by atoms with Crippen LogP contribution in [0.4, 0.5) is 8.78 Å². The normalized spacial score (nSPS) is 11.8. The van der Waals surface area contributed by atoms with Crippen molar-refractivity contribution in [1.82, 2.24) is 5.32 Å². The summed E-state index contributed by atoms with van der Waals surface area (Å²) >= 11 is 5.99. The molecule has 0 heterocycles. The highest BCUT2D eigenvalue weighted by Gasteiger charge is 2.24. The van der Waals surface area contributed by atoms with Crippen molar-refractivity contribution in [3.05, 3.63) is 35.4 Å². The maximum atomic E-state index is 13.4. The van der Waals surface area contributed by atoms with Gasteiger partial charge in [0.2, 0.25) is 0 Å². The van der Waals surface area contributed by atoms with Crippen LogP contribution in [0.2, 0.25) is 0 Å². The molecule has 0 aliphatic heterocycles. The van der Waals surface area contributed by atoms with Crippen LogP contribution in [-0.2, 0) is 6.54 Å². The lowest BCUT2D eigenvalue weighted by atomic mass is 9.84. The molecular formula is C14H20ClF2N. The molecule has 0 saturated carbocycles. The average Bonchev–Trinajstić information content (AvgIpc) is 2.40. The summed E-state index contributed by atoms with van der Waals surface area (Å²) < 4.78 is 26.4. The lowest BCUT2D eigenvalue weighted by Gasteiger charge is -2.29. The number of hydrogen-bond donors (Lipinski definition) is 1. The minimum absolute atomic E-state index is 0.0331. The van der Waals surface area contributed by atoms with Gasteiger partial charge in [0, 0.05) is 24.5 Å². The average molecular weight is 276 g/mol. The molecule has 1 aromatic rings. The van der Waals surface area contributed by atoms with Crippen LogP contribution in [0.3, 0.4) is 0 Å². The van der Waals surface area contributed by atoms with Crippen LogP contribution in [0, 0.1) is 17.0 Å². The van der Waals surface area contributed by atoms with E-state index in [1.54, 1.807) is 6.07 Å². The van der Waals surface area contributed by atoms with Gasteiger partial charge >= 0.3 is 0 Å². The summed E-state index contributed by atoms with van der Waals surface area (Å²) in [5, 5.41) is 3.17. The standard InChI is InChI=1S/C14H20ClF2N/c1-3-14(4-2,9-15)10-18-8-11-6-5-7-12(16)13(11)17/h5-7,18H,3-4,8-10H2,1-2H3. The summed E-state index contributed by atoms with van der Waals surface area (Å²) in [4.78, 5) is 0. The molecular weight excluding hydrogens is 256 g/mol. The Balaban J connectivity index is 2.58. The van der Waals surface area contributed by atoms with E-state index in [2.05, 4.69) is 19.2 Å². The van der Waals surface area contributed by atoms with Crippen LogP contribution in [0.5, 0.6) is 0 Å². The molecule has 0 spiro atoms. The predicted molar refractivity (Wildman–Crippen MR) is 71.8 cm³/mol. The lowest BCUT2D eigenvalue weighted by molar-refractivity contribution is 0.285. The third-order valence-electron chi connectivity index (χ3n) is 3.63. The maximum absolute atomic E-state index is 13.4. The summed E-state index contributed by atoms with van der Waals surface area (Å²) in [6.45, 7) is 5.22. The first kappa shape index (κ1) is 15.4. The summed E-state index contributed by atoms with van der Waals surface area (Å²) in [5.74, 6) is -1.00. The predicted octanol–water partition coefficient (Wildman–Crippen LogP) is 4.10. The summed E-state index contributed by atoms with van der Waals surface area (Å²) in [6.07, 6.45) is 1.93. The van der Waals surface area contributed by atoms with E-state index in [1.807, 2.05) is 0 Å². The number of benzene rings is 1. The Morgan fingerprint density at radius 2 is 1.89 bits per heavy atom. The van der Waals surface area contributed by atoms with Crippen LogP contribution in [0.25, 0.3) is 0 Å². The molecule has 0 radical (unpaired) electrons. The molecule has 4 heteroatoms. The molecule has 0 atom stereocenters. The van der Waals surface area contributed by atoms with Crippen LogP contribution < -0.4 is 5.32 Å². The molecule has 0 aliphatic carbocycles. The van der Waals surface area contributed by atoms with Gasteiger partial charge in [-0.1, -0.05) is 26.0 Å². The molecule has 102 valence electrons. The van der Waals surface area contributed by atoms with E-state index < -0.39 is 11.6 Å². The molecule has 0 unspecified atom stereocenters. The molecule has 18 heavy (non-hydrogen) atoms. The zero-order valence-electron chi connectivity index (χ0n) is 10.9. The molecule has 0 fully saturated rings. The topological polar surface area (TPSA) is 12.0 Å². The fraction of sp³-hybridized carbons (Fsp3) is 0.571. The molecule has 1 aromatic carbocycles. The van der Waals surface area contributed by atoms with Crippen LogP contribution in [0.1, 0.15) is 32.3 Å². The van der Waals surface area contributed by atoms with Gasteiger partial charge in [-0.3, -0.25) is 0 Å². The van der Waals surface area contributed by atoms with Crippen molar-refractivity contribution in [2.24, 2.45) is 5.41 Å². The molecule has 1 rings (SSSR count). The van der Waals surface area contributed by atoms with E-state index in [-0.39, 0.29) is 5.41 Å². The largest absolute Gasteiger partial charge is 0.312 e. The van der Waals surface area contributed by atoms with Gasteiger partial charge in [0.15, 0.2) is 11.6 Å². The molecule has 0 amide bonds. The van der Waals surface area contributed by atoms with Crippen LogP contribution >= 0.6 is 11.6 Å². The SMILES string of the molecule is CCC(CC)(CCl)CNCc1cccc(F)c1F. The van der Waals surface area contributed by atoms with Crippen molar-refractivity contribution in [2.45, 2.75) is 33.2 Å². The van der Waals surface area contributed by atoms with E-state index in [0.29, 0.717) is 24.5 Å². The Labute approximate surface area is 113 Å². The van der Waals surface area contributed by atoms with Crippen molar-refractivity contribution in [3.63, 3.8) is 0 Å². The minimum Gasteiger partial charge on any atom is -0.312 e. The second kappa shape index (κ2) is 7.05. The van der Waals surface area contributed by atoms with Gasteiger partial charge in [-0.25, -0.2) is 8.78 Å². The van der Waals surface area contributed by atoms with Crippen LogP contribution in [-0.4, -0.2) is 12.4 Å². The highest BCUT2D eigenvalue weighted by Crippen LogP contribution is 2.27. The molecule has 0 saturated heterocycles. The number of hydrogen-bond acceptors (Lipinski definition) is 1. The molecule has 1 nitrogen and oxygen atoms in total. The second-order valence-corrected chi connectivity index (χ2v) is 4.92. The van der Waals surface area contributed by atoms with E-state index in [4.69, 9.17) is 11.6 Å². The fourth-order valence-electron chi connectivity index (χ4n) is 1.88. The lowest BCUT2D eigenvalue weighted by Crippen LogP contribution is -2.34. The van der Waals surface area contributed by atoms with Gasteiger partial charge in [0.25, 0.3) is 0 Å². The van der Waals surface area contributed by atoms with Crippen molar-refractivity contribution >= 4 is 11.6 Å². The van der Waals surface area contributed by atoms with Gasteiger partial charge < -0.3 is 5.32 Å². The number of halogens is 3. The third-order valence-corrected chi connectivity index (χ3v) is 4.20. The Bertz CT molecular complexity index is 370. The van der Waals surface area contributed by atoms with Crippen molar-refractivity contribution < 1.29 is 8.78 Å². The number of alkyl halides is 1. The molecule has 0 bridgehead atoms. The van der Waals surface area contributed by atoms with Gasteiger partial charge in [0.1, 0.15) is 0 Å². The van der Waals surface area contributed by atoms with Crippen molar-refractivity contribution in [2.75, 3.05) is 12.4 Å². The van der Waals surface area contributed by atoms with Gasteiger partial charge in [-0.15, -0.1) is 11.6 Å². The first-order valence-electron chi connectivity index (χ1n) is 6.28. The summed E-state index contributed by atoms with van der Waals surface area (Å²) in [6, 6.07) is 4.23. The molecule has 0 aliphatic rings. The third kappa shape index (κ3) is 3.66. The van der Waals surface area contributed by atoms with Gasteiger partial charge in [-0.2, -0.15) is 0 Å². The first-order valence-corrected chi connectivity index (χ1v) is 6.81. The minimum atomic E-state index is -0.802. The maximum Gasteiger partial charge on any atom is 0.163 e. The fourth-order valence-corrected chi connectivity index (χ4v) is 2.36. The number of nitrogens with one attached hydrogen (secondary N) is 1. The summed E-state index contributed by atoms with van der Waals surface area (Å²) in [7, 11) is 0. The second-order valence-electron chi connectivity index (χ2n) is 4.66. The van der Waals surface area contributed by atoms with Gasteiger partial charge in [-0.05, 0) is 24.3 Å². The zero-order valence-corrected chi connectivity index (χ0v) is 11.7. The Morgan fingerprint density at radius 3 is 2.44 bits per heavy atom. The van der Waals surface area contributed by atoms with Crippen LogP contribution in [0.15, 0.2) is 18.2 Å². The molecule has 1 N–H and O–H groups in total. The quantitative estimate of drug-likeness (QED) is 0.739. The monoisotopic (exact) mass is 275 g/mol. The zero-order chi connectivity index (χ0) is 13.6. The molecule has 0 aromatic heterocycles. The Kier molecular flexibility index (Phi) is 6.03. The first-order chi connectivity index (χ1) is 8.58. The highest BCUT2D eigenvalue weighted by molar-refractivity contribution is 6.18. The van der Waals surface area contributed by atoms with Crippen molar-refractivity contribution in [1.29, 1.82) is 0 Å². The Morgan fingerprint density at radius 1 is 1.22 bits per heavy atom. The van der Waals surface area contributed by atoms with Gasteiger partial charge in [0.05, 0.1) is 0 Å². The summed E-state index contributed by atoms with van der Waals surface area (Å²) in [5.41, 5.74) is 0.386. The van der Waals surface area contributed by atoms with E-state index in [0.717, 1.165) is 18.9 Å². The van der Waals surface area contributed by atoms with Crippen molar-refractivity contribution in [3.8, 4) is 0 Å².